The lowest BCUT2D eigenvalue weighted by molar-refractivity contribution is -0.119. The highest BCUT2D eigenvalue weighted by Crippen LogP contribution is 2.25. The fraction of sp³-hybridized carbons (Fsp3) is 0.333. The Morgan fingerprint density at radius 2 is 1.70 bits per heavy atom. The maximum atomic E-state index is 10.4. The van der Waals surface area contributed by atoms with Crippen molar-refractivity contribution in [1.82, 2.24) is 5.32 Å². The van der Waals surface area contributed by atoms with Crippen molar-refractivity contribution >= 4 is 46.7 Å². The molecule has 0 rings (SSSR count). The van der Waals surface area contributed by atoms with Gasteiger partial charge in [-0.1, -0.05) is 34.8 Å². The van der Waals surface area contributed by atoms with Gasteiger partial charge in [-0.25, -0.2) is 4.79 Å². The average Bonchev–Trinajstić information content (AvgIpc) is 1.60. The van der Waals surface area contributed by atoms with Gasteiger partial charge in [0.05, 0.1) is 0 Å². The van der Waals surface area contributed by atoms with Gasteiger partial charge in [-0.3, -0.25) is 4.79 Å². The Hall–Kier alpha value is -0.190. The minimum Gasteiger partial charge on any atom is -0.350 e. The van der Waals surface area contributed by atoms with Gasteiger partial charge in [-0.2, -0.15) is 5.32 Å². The number of hydrogen-bond acceptors (Lipinski definition) is 2. The Labute approximate surface area is 71.6 Å². The standard InChI is InChI=1S/C3H2Cl3N2O2/c4-3(5,6)1(9)8-2(7)10/h(H2,7,10). The molecule has 7 heteroatoms. The number of nitrogens with zero attached hydrogens (tertiary/aromatic N) is 1. The van der Waals surface area contributed by atoms with Crippen molar-refractivity contribution in [1.29, 1.82) is 0 Å². The number of hydrogen-bond donors (Lipinski definition) is 1. The largest absolute Gasteiger partial charge is 0.350 e. The second-order valence-electron chi connectivity index (χ2n) is 1.25. The average molecular weight is 204 g/mol. The van der Waals surface area contributed by atoms with Gasteiger partial charge in [0.15, 0.2) is 0 Å². The molecule has 0 atom stereocenters. The molecule has 57 valence electrons. The third-order valence-corrected chi connectivity index (χ3v) is 0.939. The van der Waals surface area contributed by atoms with Gasteiger partial charge in [0, 0.05) is 0 Å². The van der Waals surface area contributed by atoms with Crippen LogP contribution in [0, 0.1) is 0 Å². The molecule has 0 fully saturated rings. The van der Waals surface area contributed by atoms with Crippen molar-refractivity contribution in [2.45, 2.75) is 3.79 Å². The van der Waals surface area contributed by atoms with E-state index in [0.29, 0.717) is 0 Å². The molecule has 4 nitrogen and oxygen atoms in total. The van der Waals surface area contributed by atoms with Crippen LogP contribution in [0.4, 0.5) is 4.79 Å². The van der Waals surface area contributed by atoms with Crippen molar-refractivity contribution < 1.29 is 9.59 Å². The van der Waals surface area contributed by atoms with Crippen LogP contribution in [-0.2, 0) is 4.79 Å². The smallest absolute Gasteiger partial charge is 0.341 e. The van der Waals surface area contributed by atoms with Crippen molar-refractivity contribution in [3.63, 3.8) is 0 Å². The molecule has 0 aliphatic heterocycles. The molecule has 0 aromatic heterocycles. The van der Waals surface area contributed by atoms with Crippen LogP contribution in [0.2, 0.25) is 0 Å². The van der Waals surface area contributed by atoms with E-state index >= 15 is 0 Å². The Balaban J connectivity index is 3.99. The molecule has 3 amide bonds. The van der Waals surface area contributed by atoms with Gasteiger partial charge in [-0.05, 0) is 0 Å². The van der Waals surface area contributed by atoms with E-state index in [2.05, 4.69) is 11.1 Å². The number of carbonyl (C=O) groups is 2. The van der Waals surface area contributed by atoms with Gasteiger partial charge >= 0.3 is 11.9 Å². The summed E-state index contributed by atoms with van der Waals surface area (Å²) in [6, 6.07) is -1.18. The summed E-state index contributed by atoms with van der Waals surface area (Å²) in [6.45, 7) is 0. The third kappa shape index (κ3) is 3.76. The van der Waals surface area contributed by atoms with Gasteiger partial charge < -0.3 is 5.73 Å². The van der Waals surface area contributed by atoms with Crippen molar-refractivity contribution in [2.75, 3.05) is 0 Å². The lowest BCUT2D eigenvalue weighted by Crippen LogP contribution is -2.35. The predicted molar refractivity (Wildman–Crippen MR) is 37.0 cm³/mol. The predicted octanol–water partition coefficient (Wildman–Crippen LogP) is 0.566. The number of halogens is 3. The number of amides is 3. The highest BCUT2D eigenvalue weighted by atomic mass is 35.6. The van der Waals surface area contributed by atoms with Crippen LogP contribution < -0.4 is 11.1 Å². The molecule has 0 aromatic carbocycles. The normalized spacial score (nSPS) is 10.7. The highest BCUT2D eigenvalue weighted by molar-refractivity contribution is 6.76. The summed E-state index contributed by atoms with van der Waals surface area (Å²) in [6.07, 6.45) is 0. The number of alkyl halides is 3. The first-order valence-corrected chi connectivity index (χ1v) is 3.09. The Kier molecular flexibility index (Phi) is 3.21. The molecule has 10 heavy (non-hydrogen) atoms. The fourth-order valence-electron chi connectivity index (χ4n) is 0.163. The fourth-order valence-corrected chi connectivity index (χ4v) is 0.290. The van der Waals surface area contributed by atoms with E-state index in [1.165, 1.54) is 0 Å². The lowest BCUT2D eigenvalue weighted by atomic mass is 10.7. The van der Waals surface area contributed by atoms with Crippen molar-refractivity contribution in [3.8, 4) is 0 Å². The number of primary amides is 1. The van der Waals surface area contributed by atoms with Gasteiger partial charge in [0.25, 0.3) is 3.79 Å². The van der Waals surface area contributed by atoms with Crippen molar-refractivity contribution in [3.05, 3.63) is 0 Å². The maximum Gasteiger partial charge on any atom is 0.341 e. The van der Waals surface area contributed by atoms with Crippen LogP contribution >= 0.6 is 34.8 Å². The number of rotatable bonds is 0. The van der Waals surface area contributed by atoms with E-state index in [0.717, 1.165) is 0 Å². The first-order chi connectivity index (χ1) is 4.34. The molecule has 2 N–H and O–H groups in total. The zero-order valence-corrected chi connectivity index (χ0v) is 6.74. The van der Waals surface area contributed by atoms with Gasteiger partial charge in [0.2, 0.25) is 0 Å². The SMILES string of the molecule is NC(=O)[N]C(=O)C(Cl)(Cl)Cl. The van der Waals surface area contributed by atoms with E-state index in [-0.39, 0.29) is 0 Å². The van der Waals surface area contributed by atoms with E-state index in [9.17, 15) is 9.59 Å². The summed E-state index contributed by atoms with van der Waals surface area (Å²) in [4.78, 5) is 20.3. The van der Waals surface area contributed by atoms with Crippen LogP contribution in [-0.4, -0.2) is 15.7 Å². The second kappa shape index (κ2) is 3.27. The van der Waals surface area contributed by atoms with Gasteiger partial charge in [-0.15, -0.1) is 0 Å². The second-order valence-corrected chi connectivity index (χ2v) is 3.53. The zero-order valence-electron chi connectivity index (χ0n) is 4.47. The summed E-state index contributed by atoms with van der Waals surface area (Å²) < 4.78 is -2.20. The molecule has 0 aromatic rings. The molecular weight excluding hydrogens is 202 g/mol. The Morgan fingerprint density at radius 1 is 1.30 bits per heavy atom. The monoisotopic (exact) mass is 203 g/mol. The number of urea groups is 1. The minimum atomic E-state index is -2.20. The van der Waals surface area contributed by atoms with Gasteiger partial charge in [0.1, 0.15) is 0 Å². The molecule has 0 aliphatic rings. The molecule has 0 saturated heterocycles. The van der Waals surface area contributed by atoms with E-state index in [1.54, 1.807) is 0 Å². The summed E-state index contributed by atoms with van der Waals surface area (Å²) >= 11 is 15.0. The van der Waals surface area contributed by atoms with E-state index in [4.69, 9.17) is 34.8 Å². The Morgan fingerprint density at radius 3 is 1.80 bits per heavy atom. The van der Waals surface area contributed by atoms with Crippen LogP contribution in [0.25, 0.3) is 0 Å². The number of carbonyl (C=O) groups excluding carboxylic acids is 2. The summed E-state index contributed by atoms with van der Waals surface area (Å²) in [5.41, 5.74) is 4.49. The number of nitrogens with two attached hydrogens (primary N) is 1. The molecular formula is C3H2Cl3N2O2. The first kappa shape index (κ1) is 9.81. The van der Waals surface area contributed by atoms with Crippen LogP contribution in [0.5, 0.6) is 0 Å². The molecule has 0 heterocycles. The lowest BCUT2D eigenvalue weighted by Gasteiger charge is -2.04. The highest BCUT2D eigenvalue weighted by Gasteiger charge is 2.32. The quantitative estimate of drug-likeness (QED) is 0.586. The van der Waals surface area contributed by atoms with E-state index < -0.39 is 15.7 Å². The molecule has 0 bridgehead atoms. The summed E-state index contributed by atoms with van der Waals surface area (Å²) in [5, 5.41) is 2.65. The van der Waals surface area contributed by atoms with E-state index in [1.807, 2.05) is 0 Å². The minimum absolute atomic E-state index is 1.18. The zero-order chi connectivity index (χ0) is 8.36. The maximum absolute atomic E-state index is 10.4. The third-order valence-electron chi connectivity index (χ3n) is 0.454. The van der Waals surface area contributed by atoms with Crippen LogP contribution in [0.1, 0.15) is 0 Å². The molecule has 1 radical (unpaired) electrons. The van der Waals surface area contributed by atoms with Crippen LogP contribution in [0.3, 0.4) is 0 Å². The Bertz CT molecular complexity index is 164. The summed E-state index contributed by atoms with van der Waals surface area (Å²) in [7, 11) is 0. The molecule has 0 unspecified atom stereocenters. The molecule has 0 aliphatic carbocycles. The molecule has 0 saturated carbocycles. The topological polar surface area (TPSA) is 74.3 Å². The molecule has 0 spiro atoms. The summed E-state index contributed by atoms with van der Waals surface area (Å²) in [5.74, 6) is -1.19. The van der Waals surface area contributed by atoms with Crippen LogP contribution in [0.15, 0.2) is 0 Å². The first-order valence-electron chi connectivity index (χ1n) is 1.96. The van der Waals surface area contributed by atoms with Crippen molar-refractivity contribution in [2.24, 2.45) is 5.73 Å². The number of imide groups is 1.